The van der Waals surface area contributed by atoms with Gasteiger partial charge in [-0.25, -0.2) is 4.98 Å². The summed E-state index contributed by atoms with van der Waals surface area (Å²) < 4.78 is 0. The molecule has 0 aliphatic heterocycles. The Hall–Kier alpha value is -1.75. The predicted molar refractivity (Wildman–Crippen MR) is 126 cm³/mol. The quantitative estimate of drug-likeness (QED) is 0.216. The fourth-order valence-electron chi connectivity index (χ4n) is 3.76. The van der Waals surface area contributed by atoms with Crippen LogP contribution in [0.15, 0.2) is 35.6 Å². The Labute approximate surface area is 186 Å². The molecule has 0 fully saturated rings. The van der Waals surface area contributed by atoms with E-state index in [0.717, 1.165) is 36.1 Å². The van der Waals surface area contributed by atoms with Gasteiger partial charge in [0.2, 0.25) is 0 Å². The van der Waals surface area contributed by atoms with Gasteiger partial charge in [0, 0.05) is 11.9 Å². The molecule has 0 aliphatic carbocycles. The molecule has 0 bridgehead atoms. The second-order valence-corrected chi connectivity index (χ2v) is 9.13. The molecule has 1 aromatic heterocycles. The number of hydrogen-bond acceptors (Lipinski definition) is 3. The maximum absolute atomic E-state index is 12.0. The van der Waals surface area contributed by atoms with Crippen molar-refractivity contribution in [3.8, 4) is 0 Å². The standard InChI is InChI=1S/C25H38N2O2S/c1-3-5-6-7-8-9-10-11-12-13-16-20-17-14-15-18-22(20)23(24(28)29)30-25-26-19-21(4-2)27-25/h14-15,17-19,23H,3-13,16H2,1-2H3,(H,26,27)(H,28,29). The maximum atomic E-state index is 12.0. The third kappa shape index (κ3) is 8.55. The average Bonchev–Trinajstić information content (AvgIpc) is 3.21. The molecule has 0 spiro atoms. The number of nitrogens with zero attached hydrogens (tertiary/aromatic N) is 1. The van der Waals surface area contributed by atoms with Crippen LogP contribution < -0.4 is 0 Å². The number of carboxylic acid groups (broad SMARTS) is 1. The van der Waals surface area contributed by atoms with Crippen molar-refractivity contribution in [1.29, 1.82) is 0 Å². The number of aliphatic carboxylic acids is 1. The summed E-state index contributed by atoms with van der Waals surface area (Å²) >= 11 is 1.29. The molecule has 0 amide bonds. The van der Waals surface area contributed by atoms with E-state index >= 15 is 0 Å². The van der Waals surface area contributed by atoms with Crippen molar-refractivity contribution in [1.82, 2.24) is 9.97 Å². The molecule has 166 valence electrons. The van der Waals surface area contributed by atoms with Crippen LogP contribution in [0, 0.1) is 0 Å². The van der Waals surface area contributed by atoms with Crippen LogP contribution in [0.5, 0.6) is 0 Å². The van der Waals surface area contributed by atoms with Crippen LogP contribution in [-0.2, 0) is 17.6 Å². The molecule has 0 saturated carbocycles. The number of hydrogen-bond donors (Lipinski definition) is 2. The lowest BCUT2D eigenvalue weighted by Crippen LogP contribution is -2.11. The van der Waals surface area contributed by atoms with Crippen LogP contribution in [0.25, 0.3) is 0 Å². The first-order valence-corrected chi connectivity index (χ1v) is 12.5. The van der Waals surface area contributed by atoms with Crippen LogP contribution in [0.3, 0.4) is 0 Å². The second kappa shape index (κ2) is 14.3. The Balaban J connectivity index is 1.82. The van der Waals surface area contributed by atoms with Crippen molar-refractivity contribution in [3.63, 3.8) is 0 Å². The van der Waals surface area contributed by atoms with Gasteiger partial charge in [-0.2, -0.15) is 0 Å². The number of thioether (sulfide) groups is 1. The molecule has 1 heterocycles. The van der Waals surface area contributed by atoms with Gasteiger partial charge < -0.3 is 10.1 Å². The van der Waals surface area contributed by atoms with Crippen LogP contribution in [0.1, 0.15) is 100 Å². The van der Waals surface area contributed by atoms with Gasteiger partial charge >= 0.3 is 5.97 Å². The minimum absolute atomic E-state index is 0.639. The molecule has 1 atom stereocenters. The molecular weight excluding hydrogens is 392 g/mol. The average molecular weight is 431 g/mol. The molecule has 2 N–H and O–H groups in total. The first kappa shape index (κ1) is 24.5. The first-order chi connectivity index (χ1) is 14.7. The van der Waals surface area contributed by atoms with E-state index in [4.69, 9.17) is 0 Å². The van der Waals surface area contributed by atoms with Gasteiger partial charge in [0.05, 0.1) is 0 Å². The Morgan fingerprint density at radius 2 is 1.63 bits per heavy atom. The number of nitrogens with one attached hydrogen (secondary N) is 1. The van der Waals surface area contributed by atoms with Gasteiger partial charge in [-0.3, -0.25) is 4.79 Å². The predicted octanol–water partition coefficient (Wildman–Crippen LogP) is 7.35. The van der Waals surface area contributed by atoms with E-state index in [1.54, 1.807) is 6.20 Å². The summed E-state index contributed by atoms with van der Waals surface area (Å²) in [6.45, 7) is 4.31. The summed E-state index contributed by atoms with van der Waals surface area (Å²) in [6, 6.07) is 7.99. The Kier molecular flexibility index (Phi) is 11.7. The molecule has 1 unspecified atom stereocenters. The third-order valence-electron chi connectivity index (χ3n) is 5.58. The van der Waals surface area contributed by atoms with Crippen molar-refractivity contribution in [2.24, 2.45) is 0 Å². The van der Waals surface area contributed by atoms with Crippen molar-refractivity contribution in [2.75, 3.05) is 0 Å². The zero-order valence-corrected chi connectivity index (χ0v) is 19.5. The van der Waals surface area contributed by atoms with Crippen molar-refractivity contribution >= 4 is 17.7 Å². The number of aromatic amines is 1. The zero-order valence-electron chi connectivity index (χ0n) is 18.7. The van der Waals surface area contributed by atoms with Crippen LogP contribution in [0.2, 0.25) is 0 Å². The summed E-state index contributed by atoms with van der Waals surface area (Å²) in [5, 5.41) is 9.90. The van der Waals surface area contributed by atoms with E-state index in [-0.39, 0.29) is 0 Å². The lowest BCUT2D eigenvalue weighted by molar-refractivity contribution is -0.136. The highest BCUT2D eigenvalue weighted by atomic mass is 32.2. The first-order valence-electron chi connectivity index (χ1n) is 11.7. The van der Waals surface area contributed by atoms with E-state index in [9.17, 15) is 9.90 Å². The fourth-order valence-corrected chi connectivity index (χ4v) is 4.74. The SMILES string of the molecule is CCCCCCCCCCCCc1ccccc1C(Sc1ncc(CC)[nH]1)C(=O)O. The molecule has 0 saturated heterocycles. The highest BCUT2D eigenvalue weighted by molar-refractivity contribution is 8.00. The monoisotopic (exact) mass is 430 g/mol. The second-order valence-electron chi connectivity index (χ2n) is 8.03. The molecule has 1 aromatic carbocycles. The fraction of sp³-hybridized carbons (Fsp3) is 0.600. The highest BCUT2D eigenvalue weighted by Gasteiger charge is 2.25. The number of carboxylic acids is 1. The Bertz CT molecular complexity index is 744. The van der Waals surface area contributed by atoms with Crippen LogP contribution >= 0.6 is 11.8 Å². The van der Waals surface area contributed by atoms with E-state index in [2.05, 4.69) is 29.9 Å². The molecule has 2 aromatic rings. The van der Waals surface area contributed by atoms with Gasteiger partial charge in [0.1, 0.15) is 5.25 Å². The summed E-state index contributed by atoms with van der Waals surface area (Å²) in [6.07, 6.45) is 16.7. The van der Waals surface area contributed by atoms with E-state index in [1.165, 1.54) is 69.5 Å². The summed E-state index contributed by atoms with van der Waals surface area (Å²) in [5.41, 5.74) is 3.08. The van der Waals surface area contributed by atoms with Gasteiger partial charge in [0.15, 0.2) is 5.16 Å². The molecule has 4 nitrogen and oxygen atoms in total. The lowest BCUT2D eigenvalue weighted by atomic mass is 9.98. The molecule has 0 radical (unpaired) electrons. The van der Waals surface area contributed by atoms with Crippen LogP contribution in [0.4, 0.5) is 0 Å². The summed E-state index contributed by atoms with van der Waals surface area (Å²) in [5.74, 6) is -0.815. The molecule has 30 heavy (non-hydrogen) atoms. The number of benzene rings is 1. The zero-order chi connectivity index (χ0) is 21.6. The van der Waals surface area contributed by atoms with Gasteiger partial charge in [0.25, 0.3) is 0 Å². The van der Waals surface area contributed by atoms with Crippen molar-refractivity contribution in [3.05, 3.63) is 47.3 Å². The van der Waals surface area contributed by atoms with Gasteiger partial charge in [-0.05, 0) is 30.4 Å². The van der Waals surface area contributed by atoms with E-state index < -0.39 is 11.2 Å². The lowest BCUT2D eigenvalue weighted by Gasteiger charge is -2.15. The summed E-state index contributed by atoms with van der Waals surface area (Å²) in [4.78, 5) is 19.6. The van der Waals surface area contributed by atoms with Crippen molar-refractivity contribution < 1.29 is 9.90 Å². The third-order valence-corrected chi connectivity index (χ3v) is 6.70. The number of unbranched alkanes of at least 4 members (excludes halogenated alkanes) is 9. The number of H-pyrrole nitrogens is 1. The Morgan fingerprint density at radius 3 is 2.23 bits per heavy atom. The number of aromatic nitrogens is 2. The minimum Gasteiger partial charge on any atom is -0.480 e. The normalized spacial score (nSPS) is 12.2. The molecule has 5 heteroatoms. The highest BCUT2D eigenvalue weighted by Crippen LogP contribution is 2.36. The molecule has 2 rings (SSSR count). The van der Waals surface area contributed by atoms with E-state index in [1.807, 2.05) is 18.2 Å². The number of carbonyl (C=O) groups is 1. The smallest absolute Gasteiger partial charge is 0.321 e. The topological polar surface area (TPSA) is 66.0 Å². The maximum Gasteiger partial charge on any atom is 0.321 e. The van der Waals surface area contributed by atoms with Gasteiger partial charge in [-0.15, -0.1) is 0 Å². The van der Waals surface area contributed by atoms with E-state index in [0.29, 0.717) is 5.16 Å². The number of imidazole rings is 1. The Morgan fingerprint density at radius 1 is 1.00 bits per heavy atom. The molecule has 0 aliphatic rings. The number of aryl methyl sites for hydroxylation is 2. The van der Waals surface area contributed by atoms with Crippen molar-refractivity contribution in [2.45, 2.75) is 101 Å². The van der Waals surface area contributed by atoms with Crippen LogP contribution in [-0.4, -0.2) is 21.0 Å². The minimum atomic E-state index is -0.815. The van der Waals surface area contributed by atoms with Gasteiger partial charge in [-0.1, -0.05) is 108 Å². The number of rotatable bonds is 16. The largest absolute Gasteiger partial charge is 0.480 e. The molecular formula is C25H38N2O2S. The summed E-state index contributed by atoms with van der Waals surface area (Å²) in [7, 11) is 0.